The summed E-state index contributed by atoms with van der Waals surface area (Å²) < 4.78 is 19.3. The number of benzene rings is 2. The molecule has 0 aliphatic carbocycles. The molecule has 24 heavy (non-hydrogen) atoms. The van der Waals surface area contributed by atoms with Gasteiger partial charge in [0.1, 0.15) is 11.6 Å². The van der Waals surface area contributed by atoms with Crippen molar-refractivity contribution in [3.05, 3.63) is 59.4 Å². The first-order valence-electron chi connectivity index (χ1n) is 7.35. The number of likely N-dealkylation sites (N-methyl/N-ethyl adjacent to an activating group) is 1. The van der Waals surface area contributed by atoms with Crippen molar-refractivity contribution < 1.29 is 13.9 Å². The molecule has 0 heterocycles. The predicted octanol–water partition coefficient (Wildman–Crippen LogP) is 2.78. The van der Waals surface area contributed by atoms with E-state index in [1.54, 1.807) is 32.3 Å². The van der Waals surface area contributed by atoms with Crippen LogP contribution in [0.15, 0.2) is 42.5 Å². The lowest BCUT2D eigenvalue weighted by Crippen LogP contribution is -2.27. The van der Waals surface area contributed by atoms with Crippen LogP contribution >= 0.6 is 0 Å². The van der Waals surface area contributed by atoms with Crippen LogP contribution in [0.2, 0.25) is 0 Å². The molecule has 0 aromatic heterocycles. The molecule has 1 N–H and O–H groups in total. The van der Waals surface area contributed by atoms with Crippen LogP contribution in [-0.4, -0.2) is 31.5 Å². The number of halogens is 1. The Labute approximate surface area is 140 Å². The molecule has 0 bridgehead atoms. The summed E-state index contributed by atoms with van der Waals surface area (Å²) in [5.74, 6) is -0.0268. The van der Waals surface area contributed by atoms with E-state index in [9.17, 15) is 9.18 Å². The van der Waals surface area contributed by atoms with Crippen LogP contribution < -0.4 is 10.1 Å². The molecule has 0 radical (unpaired) electrons. The molecule has 6 heteroatoms. The van der Waals surface area contributed by atoms with Crippen LogP contribution in [0, 0.1) is 17.1 Å². The van der Waals surface area contributed by atoms with E-state index in [2.05, 4.69) is 5.32 Å². The number of hydrogen-bond acceptors (Lipinski definition) is 4. The second-order valence-electron chi connectivity index (χ2n) is 5.38. The highest BCUT2D eigenvalue weighted by Crippen LogP contribution is 2.18. The van der Waals surface area contributed by atoms with Gasteiger partial charge in [0.25, 0.3) is 5.91 Å². The van der Waals surface area contributed by atoms with Gasteiger partial charge in [-0.25, -0.2) is 4.39 Å². The number of amides is 1. The second-order valence-corrected chi connectivity index (χ2v) is 5.38. The summed E-state index contributed by atoms with van der Waals surface area (Å²) in [5.41, 5.74) is 1.48. The van der Waals surface area contributed by atoms with E-state index in [0.717, 1.165) is 5.56 Å². The number of nitrogens with one attached hydrogen (secondary N) is 1. The topological polar surface area (TPSA) is 65.4 Å². The van der Waals surface area contributed by atoms with Crippen LogP contribution in [0.5, 0.6) is 5.75 Å². The van der Waals surface area contributed by atoms with Crippen LogP contribution in [-0.2, 0) is 11.3 Å². The Morgan fingerprint density at radius 3 is 2.75 bits per heavy atom. The molecule has 2 aromatic rings. The van der Waals surface area contributed by atoms with Crippen molar-refractivity contribution in [1.29, 1.82) is 5.26 Å². The summed E-state index contributed by atoms with van der Waals surface area (Å²) in [6, 6.07) is 13.4. The number of rotatable bonds is 6. The molecule has 0 saturated heterocycles. The smallest absolute Gasteiger partial charge is 0.259 e. The molecule has 0 atom stereocenters. The first-order valence-corrected chi connectivity index (χ1v) is 7.35. The number of hydrogen-bond donors (Lipinski definition) is 1. The minimum Gasteiger partial charge on any atom is -0.484 e. The Bertz CT molecular complexity index is 769. The SMILES string of the molecule is CN(C)C(=O)COc1cccc(CNc2ccc(C#N)cc2F)c1. The fourth-order valence-electron chi connectivity index (χ4n) is 1.94. The molecule has 1 amide bonds. The first kappa shape index (κ1) is 17.3. The minimum atomic E-state index is -0.474. The monoisotopic (exact) mass is 327 g/mol. The fraction of sp³-hybridized carbons (Fsp3) is 0.222. The third-order valence-electron chi connectivity index (χ3n) is 3.34. The van der Waals surface area contributed by atoms with E-state index in [1.165, 1.54) is 17.0 Å². The van der Waals surface area contributed by atoms with Gasteiger partial charge in [0.2, 0.25) is 0 Å². The van der Waals surface area contributed by atoms with Gasteiger partial charge >= 0.3 is 0 Å². The van der Waals surface area contributed by atoms with Gasteiger partial charge in [0, 0.05) is 20.6 Å². The van der Waals surface area contributed by atoms with Crippen LogP contribution in [0.4, 0.5) is 10.1 Å². The van der Waals surface area contributed by atoms with Gasteiger partial charge in [0.15, 0.2) is 6.61 Å². The van der Waals surface area contributed by atoms with Crippen molar-refractivity contribution in [2.24, 2.45) is 0 Å². The average Bonchev–Trinajstić information content (AvgIpc) is 2.58. The van der Waals surface area contributed by atoms with Crippen molar-refractivity contribution in [1.82, 2.24) is 4.90 Å². The quantitative estimate of drug-likeness (QED) is 0.886. The van der Waals surface area contributed by atoms with E-state index >= 15 is 0 Å². The van der Waals surface area contributed by atoms with Crippen molar-refractivity contribution >= 4 is 11.6 Å². The molecule has 0 saturated carbocycles. The lowest BCUT2D eigenvalue weighted by molar-refractivity contribution is -0.130. The Kier molecular flexibility index (Phi) is 5.74. The minimum absolute atomic E-state index is 0.0336. The summed E-state index contributed by atoms with van der Waals surface area (Å²) in [6.45, 7) is 0.357. The summed E-state index contributed by atoms with van der Waals surface area (Å²) in [6.07, 6.45) is 0. The molecule has 0 aliphatic heterocycles. The van der Waals surface area contributed by atoms with Crippen molar-refractivity contribution in [3.63, 3.8) is 0 Å². The Balaban J connectivity index is 1.97. The summed E-state index contributed by atoms with van der Waals surface area (Å²) >= 11 is 0. The highest BCUT2D eigenvalue weighted by atomic mass is 19.1. The molecule has 0 spiro atoms. The van der Waals surface area contributed by atoms with E-state index in [4.69, 9.17) is 10.00 Å². The highest BCUT2D eigenvalue weighted by molar-refractivity contribution is 5.77. The number of ether oxygens (including phenoxy) is 1. The Morgan fingerprint density at radius 1 is 1.29 bits per heavy atom. The number of anilines is 1. The fourth-order valence-corrected chi connectivity index (χ4v) is 1.94. The summed E-state index contributed by atoms with van der Waals surface area (Å²) in [4.78, 5) is 13.0. The van der Waals surface area contributed by atoms with Crippen LogP contribution in [0.1, 0.15) is 11.1 Å². The number of carbonyl (C=O) groups excluding carboxylic acids is 1. The maximum absolute atomic E-state index is 13.8. The van der Waals surface area contributed by atoms with Gasteiger partial charge in [-0.1, -0.05) is 12.1 Å². The third-order valence-corrected chi connectivity index (χ3v) is 3.34. The molecular formula is C18H18FN3O2. The molecule has 0 fully saturated rings. The Morgan fingerprint density at radius 2 is 2.08 bits per heavy atom. The van der Waals surface area contributed by atoms with E-state index in [1.807, 2.05) is 18.2 Å². The van der Waals surface area contributed by atoms with Crippen LogP contribution in [0.25, 0.3) is 0 Å². The highest BCUT2D eigenvalue weighted by Gasteiger charge is 2.06. The molecular weight excluding hydrogens is 309 g/mol. The average molecular weight is 327 g/mol. The van der Waals surface area contributed by atoms with Gasteiger partial charge in [-0.2, -0.15) is 5.26 Å². The molecule has 0 aliphatic rings. The van der Waals surface area contributed by atoms with Gasteiger partial charge in [0.05, 0.1) is 17.3 Å². The van der Waals surface area contributed by atoms with Crippen molar-refractivity contribution in [2.75, 3.05) is 26.0 Å². The lowest BCUT2D eigenvalue weighted by Gasteiger charge is -2.12. The van der Waals surface area contributed by atoms with E-state index in [0.29, 0.717) is 18.0 Å². The molecule has 2 rings (SSSR count). The second kappa shape index (κ2) is 7.97. The van der Waals surface area contributed by atoms with Gasteiger partial charge in [-0.05, 0) is 35.9 Å². The molecule has 2 aromatic carbocycles. The standard InChI is InChI=1S/C18H18FN3O2/c1-22(2)18(23)12-24-15-5-3-4-14(8-15)11-21-17-7-6-13(10-20)9-16(17)19/h3-9,21H,11-12H2,1-2H3. The maximum atomic E-state index is 13.8. The lowest BCUT2D eigenvalue weighted by atomic mass is 10.2. The number of carbonyl (C=O) groups is 1. The van der Waals surface area contributed by atoms with E-state index < -0.39 is 5.82 Å². The van der Waals surface area contributed by atoms with E-state index in [-0.39, 0.29) is 18.1 Å². The van der Waals surface area contributed by atoms with Gasteiger partial charge < -0.3 is 15.0 Å². The zero-order chi connectivity index (χ0) is 17.5. The maximum Gasteiger partial charge on any atom is 0.259 e. The molecule has 0 unspecified atom stereocenters. The predicted molar refractivity (Wildman–Crippen MR) is 89.1 cm³/mol. The van der Waals surface area contributed by atoms with Gasteiger partial charge in [-0.3, -0.25) is 4.79 Å². The van der Waals surface area contributed by atoms with Crippen molar-refractivity contribution in [3.8, 4) is 11.8 Å². The third kappa shape index (κ3) is 4.71. The zero-order valence-corrected chi connectivity index (χ0v) is 13.5. The zero-order valence-electron chi connectivity index (χ0n) is 13.5. The number of nitrogens with zero attached hydrogens (tertiary/aromatic N) is 2. The molecule has 124 valence electrons. The first-order chi connectivity index (χ1) is 11.5. The normalized spacial score (nSPS) is 9.92. The summed E-state index contributed by atoms with van der Waals surface area (Å²) in [7, 11) is 3.33. The van der Waals surface area contributed by atoms with Crippen molar-refractivity contribution in [2.45, 2.75) is 6.54 Å². The summed E-state index contributed by atoms with van der Waals surface area (Å²) in [5, 5.41) is 11.7. The van der Waals surface area contributed by atoms with Gasteiger partial charge in [-0.15, -0.1) is 0 Å². The van der Waals surface area contributed by atoms with Crippen LogP contribution in [0.3, 0.4) is 0 Å². The molecule has 5 nitrogen and oxygen atoms in total. The largest absolute Gasteiger partial charge is 0.484 e. The number of nitriles is 1. The Hall–Kier alpha value is -3.07.